The van der Waals surface area contributed by atoms with Gasteiger partial charge in [0.25, 0.3) is 0 Å². The monoisotopic (exact) mass is 346 g/mol. The molecule has 0 saturated heterocycles. The molecule has 0 nitrogen and oxygen atoms in total. The van der Waals surface area contributed by atoms with Crippen LogP contribution in [0.2, 0.25) is 0 Å². The topological polar surface area (TPSA) is 0 Å². The highest BCUT2D eigenvalue weighted by molar-refractivity contribution is 6.91. The first kappa shape index (κ1) is 17.9. The van der Waals surface area contributed by atoms with Crippen LogP contribution in [0.1, 0.15) is 47.5 Å². The van der Waals surface area contributed by atoms with Gasteiger partial charge < -0.3 is 0 Å². The van der Waals surface area contributed by atoms with Crippen molar-refractivity contribution >= 4 is 19.2 Å². The molecule has 0 N–H and O–H groups in total. The molecule has 0 fully saturated rings. The second-order valence-electron chi connectivity index (χ2n) is 7.63. The van der Waals surface area contributed by atoms with E-state index < -0.39 is 8.80 Å². The van der Waals surface area contributed by atoms with Crippen molar-refractivity contribution in [1.82, 2.24) is 0 Å². The van der Waals surface area contributed by atoms with Gasteiger partial charge in [-0.1, -0.05) is 108 Å². The minimum atomic E-state index is -1.46. The third-order valence-electron chi connectivity index (χ3n) is 6.26. The second-order valence-corrected chi connectivity index (χ2v) is 10.4. The Bertz CT molecular complexity index is 759. The minimum Gasteiger partial charge on any atom is -0.0653 e. The summed E-state index contributed by atoms with van der Waals surface area (Å²) in [6, 6.07) is 22.5. The van der Waals surface area contributed by atoms with Gasteiger partial charge in [-0.2, -0.15) is 0 Å². The lowest BCUT2D eigenvalue weighted by Gasteiger charge is -2.35. The first-order valence-corrected chi connectivity index (χ1v) is 11.2. The van der Waals surface area contributed by atoms with Crippen LogP contribution in [-0.4, -0.2) is 8.80 Å². The van der Waals surface area contributed by atoms with Gasteiger partial charge in [0.05, 0.1) is 0 Å². The summed E-state index contributed by atoms with van der Waals surface area (Å²) in [5.41, 5.74) is 4.88. The molecule has 0 heterocycles. The van der Waals surface area contributed by atoms with Crippen LogP contribution in [-0.2, 0) is 0 Å². The smallest absolute Gasteiger partial charge is 0.0653 e. The van der Waals surface area contributed by atoms with Crippen LogP contribution >= 0.6 is 0 Å². The van der Waals surface area contributed by atoms with Crippen molar-refractivity contribution in [1.29, 1.82) is 0 Å². The first-order valence-electron chi connectivity index (χ1n) is 9.50. The van der Waals surface area contributed by atoms with Gasteiger partial charge in [0.1, 0.15) is 8.80 Å². The lowest BCUT2D eigenvalue weighted by Crippen LogP contribution is -2.48. The summed E-state index contributed by atoms with van der Waals surface area (Å²) in [6.45, 7) is 11.9. The molecule has 2 aromatic carbocycles. The fourth-order valence-corrected chi connectivity index (χ4v) is 8.60. The zero-order chi connectivity index (χ0) is 18.0. The highest BCUT2D eigenvalue weighted by Crippen LogP contribution is 2.50. The molecule has 130 valence electrons. The minimum absolute atomic E-state index is 0.214. The van der Waals surface area contributed by atoms with Crippen LogP contribution in [0.25, 0.3) is 0 Å². The number of rotatable bonds is 5. The van der Waals surface area contributed by atoms with Crippen molar-refractivity contribution in [2.75, 3.05) is 0 Å². The lowest BCUT2D eigenvalue weighted by molar-refractivity contribution is 0.455. The zero-order valence-corrected chi connectivity index (χ0v) is 17.4. The zero-order valence-electron chi connectivity index (χ0n) is 16.3. The molecule has 0 spiro atoms. The molecule has 25 heavy (non-hydrogen) atoms. The van der Waals surface area contributed by atoms with Crippen molar-refractivity contribution in [3.05, 3.63) is 82.6 Å². The predicted octanol–water partition coefficient (Wildman–Crippen LogP) is 5.04. The van der Waals surface area contributed by atoms with E-state index in [2.05, 4.69) is 95.3 Å². The highest BCUT2D eigenvalue weighted by Gasteiger charge is 2.42. The molecular formula is C24H30Si. The third kappa shape index (κ3) is 3.06. The molecule has 1 atom stereocenters. The van der Waals surface area contributed by atoms with Crippen LogP contribution in [0, 0.1) is 5.41 Å². The molecule has 1 aliphatic carbocycles. The Kier molecular flexibility index (Phi) is 5.15. The molecule has 0 bridgehead atoms. The van der Waals surface area contributed by atoms with E-state index in [4.69, 9.17) is 0 Å². The summed E-state index contributed by atoms with van der Waals surface area (Å²) >= 11 is 0. The van der Waals surface area contributed by atoms with Gasteiger partial charge >= 0.3 is 0 Å². The molecule has 1 aliphatic rings. The summed E-state index contributed by atoms with van der Waals surface area (Å²) in [7, 11) is -1.46. The van der Waals surface area contributed by atoms with Crippen LogP contribution in [0.5, 0.6) is 0 Å². The SMILES string of the molecule is CCCC1(C)C(C)=C(C)C(C)=C1[SiH](c1ccccc1)c1ccccc1. The van der Waals surface area contributed by atoms with E-state index in [1.807, 2.05) is 0 Å². The Hall–Kier alpha value is -1.86. The van der Waals surface area contributed by atoms with Gasteiger partial charge in [0, 0.05) is 5.41 Å². The quantitative estimate of drug-likeness (QED) is 0.665. The van der Waals surface area contributed by atoms with Crippen LogP contribution in [0.4, 0.5) is 0 Å². The molecule has 2 aromatic rings. The van der Waals surface area contributed by atoms with Gasteiger partial charge in [-0.25, -0.2) is 0 Å². The summed E-state index contributed by atoms with van der Waals surface area (Å²) in [5.74, 6) is 0. The standard InChI is InChI=1S/C24H30Si/c1-6-17-24(5)20(4)18(2)19(3)23(24)25(21-13-9-7-10-14-21)22-15-11-8-12-16-22/h7-16,25H,6,17H2,1-5H3. The van der Waals surface area contributed by atoms with Crippen molar-refractivity contribution < 1.29 is 0 Å². The number of allylic oxidation sites excluding steroid dienone is 4. The van der Waals surface area contributed by atoms with E-state index >= 15 is 0 Å². The van der Waals surface area contributed by atoms with Crippen molar-refractivity contribution in [2.24, 2.45) is 5.41 Å². The molecule has 0 aromatic heterocycles. The predicted molar refractivity (Wildman–Crippen MR) is 113 cm³/mol. The summed E-state index contributed by atoms with van der Waals surface area (Å²) < 4.78 is 0. The van der Waals surface area contributed by atoms with E-state index in [-0.39, 0.29) is 5.41 Å². The Morgan fingerprint density at radius 3 is 1.68 bits per heavy atom. The van der Waals surface area contributed by atoms with Gasteiger partial charge in [0.2, 0.25) is 0 Å². The third-order valence-corrected chi connectivity index (χ3v) is 10.0. The van der Waals surface area contributed by atoms with Gasteiger partial charge in [-0.3, -0.25) is 0 Å². The normalized spacial score (nSPS) is 20.7. The number of benzene rings is 2. The maximum Gasteiger partial charge on any atom is 0.129 e. The Labute approximate surface area is 154 Å². The number of hydrogen-bond acceptors (Lipinski definition) is 0. The first-order chi connectivity index (χ1) is 12.0. The average molecular weight is 347 g/mol. The van der Waals surface area contributed by atoms with E-state index in [0.29, 0.717) is 0 Å². The fourth-order valence-electron chi connectivity index (χ4n) is 4.69. The number of hydrogen-bond donors (Lipinski definition) is 0. The van der Waals surface area contributed by atoms with E-state index in [9.17, 15) is 0 Å². The van der Waals surface area contributed by atoms with Crippen LogP contribution in [0.3, 0.4) is 0 Å². The van der Waals surface area contributed by atoms with Crippen LogP contribution in [0.15, 0.2) is 82.6 Å². The lowest BCUT2D eigenvalue weighted by atomic mass is 9.80. The largest absolute Gasteiger partial charge is 0.129 e. The summed E-state index contributed by atoms with van der Waals surface area (Å²) in [6.07, 6.45) is 2.47. The maximum atomic E-state index is 2.49. The van der Waals surface area contributed by atoms with E-state index in [0.717, 1.165) is 0 Å². The molecule has 3 rings (SSSR count). The van der Waals surface area contributed by atoms with Gasteiger partial charge in [-0.05, 0) is 32.8 Å². The fraction of sp³-hybridized carbons (Fsp3) is 0.333. The Morgan fingerprint density at radius 1 is 0.760 bits per heavy atom. The van der Waals surface area contributed by atoms with Gasteiger partial charge in [0.15, 0.2) is 0 Å². The van der Waals surface area contributed by atoms with E-state index in [1.165, 1.54) is 28.8 Å². The molecule has 1 unspecified atom stereocenters. The van der Waals surface area contributed by atoms with Crippen molar-refractivity contribution in [3.8, 4) is 0 Å². The average Bonchev–Trinajstić information content (AvgIpc) is 2.80. The van der Waals surface area contributed by atoms with Crippen LogP contribution < -0.4 is 10.4 Å². The molecule has 0 radical (unpaired) electrons. The maximum absolute atomic E-state index is 2.49. The summed E-state index contributed by atoms with van der Waals surface area (Å²) in [4.78, 5) is 0. The Balaban J connectivity index is 2.23. The molecule has 0 amide bonds. The molecule has 0 saturated carbocycles. The molecule has 0 aliphatic heterocycles. The van der Waals surface area contributed by atoms with Crippen molar-refractivity contribution in [2.45, 2.75) is 47.5 Å². The van der Waals surface area contributed by atoms with E-state index in [1.54, 1.807) is 16.3 Å². The molecule has 1 heteroatoms. The molecular weight excluding hydrogens is 316 g/mol. The van der Waals surface area contributed by atoms with Gasteiger partial charge in [-0.15, -0.1) is 0 Å². The Morgan fingerprint density at radius 2 is 1.24 bits per heavy atom. The highest BCUT2D eigenvalue weighted by atomic mass is 28.3. The van der Waals surface area contributed by atoms with Crippen molar-refractivity contribution in [3.63, 3.8) is 0 Å². The second kappa shape index (κ2) is 7.17. The summed E-state index contributed by atoms with van der Waals surface area (Å²) in [5, 5.41) is 4.81.